The molecule has 4 nitrogen and oxygen atoms in total. The predicted molar refractivity (Wildman–Crippen MR) is 87.2 cm³/mol. The summed E-state index contributed by atoms with van der Waals surface area (Å²) in [6.45, 7) is 2.13. The van der Waals surface area contributed by atoms with Crippen LogP contribution in [0.4, 0.5) is 18.9 Å². The minimum absolute atomic E-state index is 0.0323. The number of halogens is 3. The Morgan fingerprint density at radius 1 is 1.20 bits per heavy atom. The predicted octanol–water partition coefficient (Wildman–Crippen LogP) is 4.30. The van der Waals surface area contributed by atoms with Gasteiger partial charge in [-0.05, 0) is 42.8 Å². The quantitative estimate of drug-likeness (QED) is 0.812. The molecule has 0 unspecified atom stereocenters. The zero-order chi connectivity index (χ0) is 18.2. The normalized spacial score (nSPS) is 15.2. The zero-order valence-corrected chi connectivity index (χ0v) is 13.1. The summed E-state index contributed by atoms with van der Waals surface area (Å²) in [6, 6.07) is 7.69. The Hall–Kier alpha value is -2.96. The largest absolute Gasteiger partial charge is 0.504 e. The summed E-state index contributed by atoms with van der Waals surface area (Å²) in [5.41, 5.74) is 0.519. The third-order valence-corrected chi connectivity index (χ3v) is 3.72. The average molecular weight is 349 g/mol. The van der Waals surface area contributed by atoms with Gasteiger partial charge in [-0.1, -0.05) is 12.1 Å². The molecule has 0 aliphatic carbocycles. The first-order chi connectivity index (χ1) is 11.8. The van der Waals surface area contributed by atoms with Gasteiger partial charge in [0.15, 0.2) is 11.5 Å². The number of amides is 1. The fourth-order valence-electron chi connectivity index (χ4n) is 2.57. The topological polar surface area (TPSA) is 58.6 Å². The number of hydrogen-bond donors (Lipinski definition) is 2. The van der Waals surface area contributed by atoms with Crippen LogP contribution in [0.25, 0.3) is 11.6 Å². The van der Waals surface area contributed by atoms with Gasteiger partial charge in [-0.15, -0.1) is 0 Å². The summed E-state index contributed by atoms with van der Waals surface area (Å²) in [4.78, 5) is 12.1. The lowest BCUT2D eigenvalue weighted by Gasteiger charge is -2.08. The van der Waals surface area contributed by atoms with Crippen LogP contribution in [0, 0.1) is 0 Å². The molecule has 0 radical (unpaired) electrons. The van der Waals surface area contributed by atoms with Crippen LogP contribution in [0.15, 0.2) is 36.4 Å². The van der Waals surface area contributed by atoms with Crippen LogP contribution in [-0.2, 0) is 11.0 Å². The van der Waals surface area contributed by atoms with Crippen molar-refractivity contribution in [3.63, 3.8) is 0 Å². The maximum Gasteiger partial charge on any atom is 0.416 e. The summed E-state index contributed by atoms with van der Waals surface area (Å²) in [5.74, 6) is -0.252. The molecule has 2 aromatic rings. The number of carbonyl (C=O) groups is 1. The van der Waals surface area contributed by atoms with E-state index in [-0.39, 0.29) is 22.8 Å². The average Bonchev–Trinajstić information content (AvgIpc) is 2.85. The minimum Gasteiger partial charge on any atom is -0.504 e. The fraction of sp³-hybridized carbons (Fsp3) is 0.167. The molecule has 0 aromatic heterocycles. The number of phenolic OH excluding ortho intramolecular Hbond substituents is 1. The SMILES string of the molecule is CCOc1cc(/C=C2\C(=O)Nc3cc(C(F)(F)F)ccc32)ccc1O. The lowest BCUT2D eigenvalue weighted by atomic mass is 10.0. The molecule has 130 valence electrons. The van der Waals surface area contributed by atoms with Crippen molar-refractivity contribution in [1.29, 1.82) is 0 Å². The van der Waals surface area contributed by atoms with Crippen molar-refractivity contribution < 1.29 is 27.8 Å². The van der Waals surface area contributed by atoms with Gasteiger partial charge < -0.3 is 15.2 Å². The second kappa shape index (κ2) is 6.16. The molecule has 0 saturated heterocycles. The Balaban J connectivity index is 2.01. The summed E-state index contributed by atoms with van der Waals surface area (Å²) >= 11 is 0. The van der Waals surface area contributed by atoms with Crippen molar-refractivity contribution in [1.82, 2.24) is 0 Å². The van der Waals surface area contributed by atoms with Crippen molar-refractivity contribution in [3.8, 4) is 11.5 Å². The lowest BCUT2D eigenvalue weighted by molar-refractivity contribution is -0.137. The Morgan fingerprint density at radius 3 is 2.64 bits per heavy atom. The molecule has 2 aromatic carbocycles. The summed E-state index contributed by atoms with van der Waals surface area (Å²) in [5, 5.41) is 12.2. The van der Waals surface area contributed by atoms with Gasteiger partial charge in [0.25, 0.3) is 5.91 Å². The molecular formula is C18H14F3NO3. The van der Waals surface area contributed by atoms with Crippen LogP contribution in [-0.4, -0.2) is 17.6 Å². The third-order valence-electron chi connectivity index (χ3n) is 3.72. The minimum atomic E-state index is -4.48. The van der Waals surface area contributed by atoms with Gasteiger partial charge in [0.2, 0.25) is 0 Å². The number of hydrogen-bond acceptors (Lipinski definition) is 3. The Bertz CT molecular complexity index is 872. The van der Waals surface area contributed by atoms with Gasteiger partial charge in [-0.3, -0.25) is 4.79 Å². The molecular weight excluding hydrogens is 335 g/mol. The van der Waals surface area contributed by atoms with E-state index in [1.54, 1.807) is 19.1 Å². The van der Waals surface area contributed by atoms with E-state index in [2.05, 4.69) is 5.32 Å². The molecule has 0 atom stereocenters. The molecule has 2 N–H and O–H groups in total. The molecule has 25 heavy (non-hydrogen) atoms. The van der Waals surface area contributed by atoms with Crippen molar-refractivity contribution in [2.75, 3.05) is 11.9 Å². The van der Waals surface area contributed by atoms with E-state index in [4.69, 9.17) is 4.74 Å². The van der Waals surface area contributed by atoms with Crippen LogP contribution in [0.1, 0.15) is 23.6 Å². The molecule has 1 aliphatic rings. The number of anilines is 1. The maximum absolute atomic E-state index is 12.8. The van der Waals surface area contributed by atoms with E-state index >= 15 is 0 Å². The highest BCUT2D eigenvalue weighted by Crippen LogP contribution is 2.38. The van der Waals surface area contributed by atoms with E-state index in [1.807, 2.05) is 0 Å². The van der Waals surface area contributed by atoms with Crippen molar-refractivity contribution in [3.05, 3.63) is 53.1 Å². The van der Waals surface area contributed by atoms with Gasteiger partial charge in [0, 0.05) is 16.8 Å². The van der Waals surface area contributed by atoms with Crippen molar-refractivity contribution >= 4 is 23.2 Å². The van der Waals surface area contributed by atoms with Gasteiger partial charge in [-0.2, -0.15) is 13.2 Å². The van der Waals surface area contributed by atoms with E-state index in [0.717, 1.165) is 12.1 Å². The van der Waals surface area contributed by atoms with Crippen molar-refractivity contribution in [2.45, 2.75) is 13.1 Å². The van der Waals surface area contributed by atoms with E-state index < -0.39 is 17.6 Å². The summed E-state index contributed by atoms with van der Waals surface area (Å²) < 4.78 is 43.6. The highest BCUT2D eigenvalue weighted by Gasteiger charge is 2.33. The number of aromatic hydroxyl groups is 1. The first-order valence-corrected chi connectivity index (χ1v) is 7.50. The van der Waals surface area contributed by atoms with Crippen molar-refractivity contribution in [2.24, 2.45) is 0 Å². The number of benzene rings is 2. The molecule has 0 saturated carbocycles. The Labute approximate surface area is 141 Å². The summed E-state index contributed by atoms with van der Waals surface area (Å²) in [7, 11) is 0. The molecule has 0 spiro atoms. The lowest BCUT2D eigenvalue weighted by Crippen LogP contribution is -2.06. The molecule has 0 fully saturated rings. The number of alkyl halides is 3. The van der Waals surface area contributed by atoms with Crippen LogP contribution in [0.3, 0.4) is 0 Å². The van der Waals surface area contributed by atoms with Crippen LogP contribution in [0.2, 0.25) is 0 Å². The van der Waals surface area contributed by atoms with Crippen LogP contribution >= 0.6 is 0 Å². The van der Waals surface area contributed by atoms with E-state index in [9.17, 15) is 23.1 Å². The molecule has 1 heterocycles. The highest BCUT2D eigenvalue weighted by molar-refractivity contribution is 6.34. The fourth-order valence-corrected chi connectivity index (χ4v) is 2.57. The van der Waals surface area contributed by atoms with Gasteiger partial charge >= 0.3 is 6.18 Å². The van der Waals surface area contributed by atoms with Gasteiger partial charge in [0.1, 0.15) is 0 Å². The third kappa shape index (κ3) is 3.31. The first-order valence-electron chi connectivity index (χ1n) is 7.50. The van der Waals surface area contributed by atoms with Crippen LogP contribution < -0.4 is 10.1 Å². The monoisotopic (exact) mass is 349 g/mol. The van der Waals surface area contributed by atoms with Gasteiger partial charge in [-0.25, -0.2) is 0 Å². The maximum atomic E-state index is 12.8. The number of nitrogens with one attached hydrogen (secondary N) is 1. The number of rotatable bonds is 3. The molecule has 1 amide bonds. The smallest absolute Gasteiger partial charge is 0.416 e. The number of carbonyl (C=O) groups excluding carboxylic acids is 1. The second-order valence-electron chi connectivity index (χ2n) is 5.43. The Morgan fingerprint density at radius 2 is 1.96 bits per heavy atom. The van der Waals surface area contributed by atoms with E-state index in [1.165, 1.54) is 18.2 Å². The number of phenols is 1. The first kappa shape index (κ1) is 16.9. The Kier molecular flexibility index (Phi) is 4.16. The molecule has 7 heteroatoms. The van der Waals surface area contributed by atoms with Gasteiger partial charge in [0.05, 0.1) is 12.2 Å². The molecule has 3 rings (SSSR count). The summed E-state index contributed by atoms with van der Waals surface area (Å²) in [6.07, 6.45) is -2.94. The molecule has 0 bridgehead atoms. The second-order valence-corrected chi connectivity index (χ2v) is 5.43. The zero-order valence-electron chi connectivity index (χ0n) is 13.1. The number of ether oxygens (including phenoxy) is 1. The van der Waals surface area contributed by atoms with Crippen LogP contribution in [0.5, 0.6) is 11.5 Å². The number of fused-ring (bicyclic) bond motifs is 1. The molecule has 1 aliphatic heterocycles. The standard InChI is InChI=1S/C18H14F3NO3/c1-2-25-16-8-10(3-6-15(16)23)7-13-12-5-4-11(18(19,20)21)9-14(12)22-17(13)24/h3-9,23H,2H2,1H3,(H,22,24)/b13-7-. The van der Waals surface area contributed by atoms with E-state index in [0.29, 0.717) is 17.7 Å². The highest BCUT2D eigenvalue weighted by atomic mass is 19.4.